The van der Waals surface area contributed by atoms with Crippen molar-refractivity contribution in [2.24, 2.45) is 5.92 Å². The quantitative estimate of drug-likeness (QED) is 0.781. The largest absolute Gasteiger partial charge is 0.475 e. The Morgan fingerprint density at radius 2 is 2.11 bits per heavy atom. The molecule has 2 aliphatic rings. The zero-order chi connectivity index (χ0) is 12.7. The van der Waals surface area contributed by atoms with Gasteiger partial charge in [-0.05, 0) is 18.8 Å². The van der Waals surface area contributed by atoms with Gasteiger partial charge in [-0.25, -0.2) is 4.68 Å². The summed E-state index contributed by atoms with van der Waals surface area (Å²) in [7, 11) is 0. The van der Waals surface area contributed by atoms with Crippen LogP contribution in [0.2, 0.25) is 5.02 Å². The summed E-state index contributed by atoms with van der Waals surface area (Å²) in [4.78, 5) is 14.2. The maximum atomic E-state index is 12.3. The zero-order valence-electron chi connectivity index (χ0n) is 10.4. The number of ether oxygens (including phenoxy) is 1. The van der Waals surface area contributed by atoms with E-state index in [2.05, 4.69) is 12.0 Å². The van der Waals surface area contributed by atoms with Crippen molar-refractivity contribution in [1.29, 1.82) is 0 Å². The average molecular weight is 270 g/mol. The number of nitrogens with zero attached hydrogens (tertiary/aromatic N) is 3. The lowest BCUT2D eigenvalue weighted by molar-refractivity contribution is 0.0690. The molecular formula is C12H16ClN3O2. The molecule has 1 aromatic heterocycles. The molecule has 3 rings (SSSR count). The number of likely N-dealkylation sites (tertiary alicyclic amines) is 1. The van der Waals surface area contributed by atoms with Crippen LogP contribution in [0.1, 0.15) is 30.3 Å². The van der Waals surface area contributed by atoms with Gasteiger partial charge in [-0.3, -0.25) is 4.79 Å². The van der Waals surface area contributed by atoms with Crippen LogP contribution in [0.3, 0.4) is 0 Å². The molecule has 0 atom stereocenters. The highest BCUT2D eigenvalue weighted by molar-refractivity contribution is 6.34. The Balaban J connectivity index is 1.80. The summed E-state index contributed by atoms with van der Waals surface area (Å²) in [5.41, 5.74) is 0.334. The summed E-state index contributed by atoms with van der Waals surface area (Å²) >= 11 is 6.16. The van der Waals surface area contributed by atoms with Crippen molar-refractivity contribution in [1.82, 2.24) is 14.7 Å². The van der Waals surface area contributed by atoms with Crippen LogP contribution in [-0.4, -0.2) is 40.3 Å². The highest BCUT2D eigenvalue weighted by Gasteiger charge is 2.30. The maximum absolute atomic E-state index is 12.3. The lowest BCUT2D eigenvalue weighted by atomic mass is 9.99. The van der Waals surface area contributed by atoms with Crippen LogP contribution in [0, 0.1) is 5.92 Å². The minimum atomic E-state index is -0.0719. The van der Waals surface area contributed by atoms with Crippen LogP contribution in [-0.2, 0) is 6.54 Å². The molecule has 1 aromatic rings. The first-order valence-corrected chi connectivity index (χ1v) is 6.73. The predicted molar refractivity (Wildman–Crippen MR) is 67.0 cm³/mol. The van der Waals surface area contributed by atoms with Crippen LogP contribution >= 0.6 is 11.6 Å². The molecule has 5 nitrogen and oxygen atoms in total. The number of amides is 1. The van der Waals surface area contributed by atoms with Crippen LogP contribution in [0.15, 0.2) is 0 Å². The fourth-order valence-corrected chi connectivity index (χ4v) is 2.71. The van der Waals surface area contributed by atoms with Crippen molar-refractivity contribution in [2.45, 2.75) is 26.3 Å². The van der Waals surface area contributed by atoms with Gasteiger partial charge in [0, 0.05) is 13.1 Å². The first-order valence-electron chi connectivity index (χ1n) is 6.35. The van der Waals surface area contributed by atoms with Crippen molar-refractivity contribution < 1.29 is 9.53 Å². The molecule has 0 unspecified atom stereocenters. The monoisotopic (exact) mass is 269 g/mol. The standard InChI is InChI=1S/C12H16ClN3O2/c1-8-2-4-15(5-3-8)11(17)10-9(13)12-16(14-10)6-7-18-12/h8H,2-7H2,1H3. The van der Waals surface area contributed by atoms with Gasteiger partial charge < -0.3 is 9.64 Å². The minimum absolute atomic E-state index is 0.0719. The first kappa shape index (κ1) is 11.8. The highest BCUT2D eigenvalue weighted by Crippen LogP contribution is 2.32. The second kappa shape index (κ2) is 4.46. The van der Waals surface area contributed by atoms with Crippen LogP contribution < -0.4 is 4.74 Å². The lowest BCUT2D eigenvalue weighted by Gasteiger charge is -2.29. The van der Waals surface area contributed by atoms with Crippen LogP contribution in [0.5, 0.6) is 5.88 Å². The minimum Gasteiger partial charge on any atom is -0.475 e. The van der Waals surface area contributed by atoms with Crippen molar-refractivity contribution >= 4 is 17.5 Å². The molecule has 98 valence electrons. The van der Waals surface area contributed by atoms with E-state index in [1.54, 1.807) is 4.68 Å². The topological polar surface area (TPSA) is 47.4 Å². The molecule has 1 amide bonds. The third-order valence-corrected chi connectivity index (χ3v) is 4.01. The number of piperidine rings is 1. The van der Waals surface area contributed by atoms with Gasteiger partial charge in [0.05, 0.1) is 6.54 Å². The smallest absolute Gasteiger partial charge is 0.276 e. The summed E-state index contributed by atoms with van der Waals surface area (Å²) in [6, 6.07) is 0. The number of carbonyl (C=O) groups is 1. The number of fused-ring (bicyclic) bond motifs is 1. The van der Waals surface area contributed by atoms with Crippen LogP contribution in [0.4, 0.5) is 0 Å². The van der Waals surface area contributed by atoms with Gasteiger partial charge in [-0.15, -0.1) is 0 Å². The summed E-state index contributed by atoms with van der Waals surface area (Å²) in [5, 5.41) is 4.61. The number of aromatic nitrogens is 2. The SMILES string of the molecule is CC1CCN(C(=O)c2nn3c(c2Cl)OCC3)CC1. The normalized spacial score (nSPS) is 19.8. The van der Waals surface area contributed by atoms with Gasteiger partial charge in [-0.2, -0.15) is 5.10 Å². The number of hydrogen-bond acceptors (Lipinski definition) is 3. The van der Waals surface area contributed by atoms with Crippen molar-refractivity contribution in [2.75, 3.05) is 19.7 Å². The van der Waals surface area contributed by atoms with E-state index in [0.29, 0.717) is 35.7 Å². The van der Waals surface area contributed by atoms with E-state index in [1.165, 1.54) is 0 Å². The third kappa shape index (κ3) is 1.86. The molecule has 0 radical (unpaired) electrons. The first-order chi connectivity index (χ1) is 8.66. The van der Waals surface area contributed by atoms with E-state index < -0.39 is 0 Å². The van der Waals surface area contributed by atoms with Crippen molar-refractivity contribution in [3.63, 3.8) is 0 Å². The number of rotatable bonds is 1. The van der Waals surface area contributed by atoms with Crippen molar-refractivity contribution in [3.05, 3.63) is 10.7 Å². The summed E-state index contributed by atoms with van der Waals surface area (Å²) in [6.45, 7) is 5.05. The molecule has 2 aliphatic heterocycles. The zero-order valence-corrected chi connectivity index (χ0v) is 11.1. The number of halogens is 1. The van der Waals surface area contributed by atoms with Gasteiger partial charge in [0.2, 0.25) is 5.88 Å². The molecule has 0 bridgehead atoms. The predicted octanol–water partition coefficient (Wildman–Crippen LogP) is 1.80. The summed E-state index contributed by atoms with van der Waals surface area (Å²) in [6.07, 6.45) is 2.10. The molecule has 0 spiro atoms. The number of carbonyl (C=O) groups excluding carboxylic acids is 1. The van der Waals surface area contributed by atoms with Gasteiger partial charge in [0.25, 0.3) is 5.91 Å². The maximum Gasteiger partial charge on any atom is 0.276 e. The van der Waals surface area contributed by atoms with E-state index in [1.807, 2.05) is 4.90 Å². The van der Waals surface area contributed by atoms with Gasteiger partial charge >= 0.3 is 0 Å². The summed E-state index contributed by atoms with van der Waals surface area (Å²) < 4.78 is 7.03. The Hall–Kier alpha value is -1.23. The molecule has 18 heavy (non-hydrogen) atoms. The fraction of sp³-hybridized carbons (Fsp3) is 0.667. The third-order valence-electron chi connectivity index (χ3n) is 3.67. The Morgan fingerprint density at radius 1 is 1.39 bits per heavy atom. The second-order valence-electron chi connectivity index (χ2n) is 5.01. The summed E-state index contributed by atoms with van der Waals surface area (Å²) in [5.74, 6) is 1.16. The Kier molecular flexibility index (Phi) is 2.93. The Labute approximate surface area is 111 Å². The number of hydrogen-bond donors (Lipinski definition) is 0. The van der Waals surface area contributed by atoms with E-state index in [4.69, 9.17) is 16.3 Å². The molecule has 6 heteroatoms. The highest BCUT2D eigenvalue weighted by atomic mass is 35.5. The molecule has 1 saturated heterocycles. The fourth-order valence-electron chi connectivity index (χ4n) is 2.44. The Bertz CT molecular complexity index is 478. The lowest BCUT2D eigenvalue weighted by Crippen LogP contribution is -2.38. The Morgan fingerprint density at radius 3 is 2.78 bits per heavy atom. The molecule has 3 heterocycles. The molecule has 0 saturated carbocycles. The molecular weight excluding hydrogens is 254 g/mol. The van der Waals surface area contributed by atoms with Crippen LogP contribution in [0.25, 0.3) is 0 Å². The van der Waals surface area contributed by atoms with Gasteiger partial charge in [0.15, 0.2) is 5.69 Å². The molecule has 0 aliphatic carbocycles. The second-order valence-corrected chi connectivity index (χ2v) is 5.39. The van der Waals surface area contributed by atoms with Gasteiger partial charge in [0.1, 0.15) is 11.6 Å². The van der Waals surface area contributed by atoms with E-state index in [-0.39, 0.29) is 5.91 Å². The molecule has 0 aromatic carbocycles. The van der Waals surface area contributed by atoms with Crippen molar-refractivity contribution in [3.8, 4) is 5.88 Å². The molecule has 1 fully saturated rings. The molecule has 0 N–H and O–H groups in total. The average Bonchev–Trinajstić information content (AvgIpc) is 2.93. The van der Waals surface area contributed by atoms with E-state index in [0.717, 1.165) is 25.9 Å². The van der Waals surface area contributed by atoms with Gasteiger partial charge in [-0.1, -0.05) is 18.5 Å². The van der Waals surface area contributed by atoms with E-state index in [9.17, 15) is 4.79 Å². The van der Waals surface area contributed by atoms with E-state index >= 15 is 0 Å².